The van der Waals surface area contributed by atoms with Crippen LogP contribution in [0.25, 0.3) is 0 Å². The van der Waals surface area contributed by atoms with Crippen LogP contribution in [0.15, 0.2) is 33.7 Å². The van der Waals surface area contributed by atoms with Gasteiger partial charge in [0.05, 0.1) is 29.3 Å². The van der Waals surface area contributed by atoms with Gasteiger partial charge in [-0.1, -0.05) is 12.1 Å². The van der Waals surface area contributed by atoms with Crippen LogP contribution in [0.5, 0.6) is 5.75 Å². The Kier molecular flexibility index (Phi) is 6.00. The quantitative estimate of drug-likeness (QED) is 0.573. The lowest BCUT2D eigenvalue weighted by Gasteiger charge is -2.23. The fraction of sp³-hybridized carbons (Fsp3) is 0.611. The van der Waals surface area contributed by atoms with Gasteiger partial charge in [0.15, 0.2) is 5.96 Å². The van der Waals surface area contributed by atoms with Crippen molar-refractivity contribution in [1.29, 1.82) is 0 Å². The molecule has 1 aromatic carbocycles. The monoisotopic (exact) mass is 395 g/mol. The maximum Gasteiger partial charge on any atom is 0.191 e. The van der Waals surface area contributed by atoms with Gasteiger partial charge in [-0.05, 0) is 61.2 Å². The first-order valence-corrected chi connectivity index (χ1v) is 9.56. The zero-order chi connectivity index (χ0) is 16.9. The number of hydrogen-bond donors (Lipinski definition) is 2. The van der Waals surface area contributed by atoms with Crippen LogP contribution < -0.4 is 15.4 Å². The third kappa shape index (κ3) is 4.42. The van der Waals surface area contributed by atoms with Crippen LogP contribution in [0.4, 0.5) is 0 Å². The van der Waals surface area contributed by atoms with Crippen LogP contribution >= 0.6 is 15.9 Å². The summed E-state index contributed by atoms with van der Waals surface area (Å²) < 4.78 is 12.8. The molecule has 2 bridgehead atoms. The van der Waals surface area contributed by atoms with Crippen molar-refractivity contribution in [3.05, 3.63) is 28.7 Å². The first-order valence-electron chi connectivity index (χ1n) is 8.77. The minimum atomic E-state index is -0.00423. The van der Waals surface area contributed by atoms with Gasteiger partial charge >= 0.3 is 0 Å². The molecule has 4 atom stereocenters. The molecule has 2 N–H and O–H groups in total. The van der Waals surface area contributed by atoms with Gasteiger partial charge in [-0.3, -0.25) is 0 Å². The molecule has 0 amide bonds. The van der Waals surface area contributed by atoms with E-state index in [2.05, 4.69) is 38.5 Å². The molecule has 6 heteroatoms. The lowest BCUT2D eigenvalue weighted by atomic mass is 9.96. The number of fused-ring (bicyclic) bond motifs is 2. The molecule has 1 aromatic rings. The standard InChI is InChI=1S/C18H26BrN3O2/c1-3-20-18(22-15-10-13-8-9-17(15)24-13)21-11-12(2)23-16-7-5-4-6-14(16)19/h4-7,12-13,15,17H,3,8-11H2,1-2H3,(H2,20,21,22). The third-order valence-electron chi connectivity index (χ3n) is 4.44. The second-order valence-electron chi connectivity index (χ2n) is 6.44. The maximum absolute atomic E-state index is 5.96. The smallest absolute Gasteiger partial charge is 0.191 e. The Hall–Kier alpha value is -1.27. The third-order valence-corrected chi connectivity index (χ3v) is 5.10. The van der Waals surface area contributed by atoms with Gasteiger partial charge in [0.2, 0.25) is 0 Å². The van der Waals surface area contributed by atoms with E-state index in [1.54, 1.807) is 0 Å². The molecule has 4 unspecified atom stereocenters. The van der Waals surface area contributed by atoms with Gasteiger partial charge < -0.3 is 20.1 Å². The van der Waals surface area contributed by atoms with Crippen molar-refractivity contribution in [1.82, 2.24) is 10.6 Å². The first kappa shape index (κ1) is 17.5. The normalized spacial score (nSPS) is 27.1. The van der Waals surface area contributed by atoms with Crippen LogP contribution in [-0.2, 0) is 4.74 Å². The fourth-order valence-corrected chi connectivity index (χ4v) is 3.68. The van der Waals surface area contributed by atoms with E-state index >= 15 is 0 Å². The number of rotatable bonds is 6. The lowest BCUT2D eigenvalue weighted by Crippen LogP contribution is -2.47. The van der Waals surface area contributed by atoms with Crippen LogP contribution in [-0.4, -0.2) is 43.4 Å². The number of guanidine groups is 1. The Labute approximate surface area is 152 Å². The van der Waals surface area contributed by atoms with E-state index in [-0.39, 0.29) is 6.10 Å². The number of nitrogens with zero attached hydrogens (tertiary/aromatic N) is 1. The highest BCUT2D eigenvalue weighted by atomic mass is 79.9. The molecular weight excluding hydrogens is 370 g/mol. The summed E-state index contributed by atoms with van der Waals surface area (Å²) in [6, 6.07) is 8.26. The Balaban J connectivity index is 1.54. The molecule has 2 aliphatic rings. The molecule has 0 radical (unpaired) electrons. The summed E-state index contributed by atoms with van der Waals surface area (Å²) in [5.41, 5.74) is 0. The average molecular weight is 396 g/mol. The predicted molar refractivity (Wildman–Crippen MR) is 99.6 cm³/mol. The van der Waals surface area contributed by atoms with Crippen LogP contribution in [0.1, 0.15) is 33.1 Å². The van der Waals surface area contributed by atoms with Gasteiger partial charge in [-0.25, -0.2) is 4.99 Å². The Morgan fingerprint density at radius 1 is 1.42 bits per heavy atom. The van der Waals surface area contributed by atoms with Crippen molar-refractivity contribution in [2.45, 2.75) is 57.5 Å². The van der Waals surface area contributed by atoms with E-state index in [1.807, 2.05) is 31.2 Å². The largest absolute Gasteiger partial charge is 0.488 e. The van der Waals surface area contributed by atoms with Gasteiger partial charge in [-0.2, -0.15) is 0 Å². The van der Waals surface area contributed by atoms with E-state index in [0.717, 1.165) is 35.6 Å². The molecule has 2 saturated heterocycles. The van der Waals surface area contributed by atoms with E-state index in [9.17, 15) is 0 Å². The number of para-hydroxylation sites is 1. The topological polar surface area (TPSA) is 54.9 Å². The lowest BCUT2D eigenvalue weighted by molar-refractivity contribution is 0.0992. The molecule has 132 valence electrons. The molecule has 3 rings (SSSR count). The van der Waals surface area contributed by atoms with Crippen molar-refractivity contribution in [2.24, 2.45) is 4.99 Å². The summed E-state index contributed by atoms with van der Waals surface area (Å²) in [7, 11) is 0. The van der Waals surface area contributed by atoms with Crippen LogP contribution in [0.3, 0.4) is 0 Å². The molecule has 24 heavy (non-hydrogen) atoms. The molecule has 2 fully saturated rings. The van der Waals surface area contributed by atoms with Crippen molar-refractivity contribution in [3.8, 4) is 5.75 Å². The number of aliphatic imine (C=N–C) groups is 1. The second kappa shape index (κ2) is 8.21. The summed E-state index contributed by atoms with van der Waals surface area (Å²) in [5.74, 6) is 1.70. The fourth-order valence-electron chi connectivity index (χ4n) is 3.30. The van der Waals surface area contributed by atoms with Crippen LogP contribution in [0, 0.1) is 0 Å². The zero-order valence-electron chi connectivity index (χ0n) is 14.3. The zero-order valence-corrected chi connectivity index (χ0v) is 15.9. The van der Waals surface area contributed by atoms with E-state index in [4.69, 9.17) is 9.47 Å². The summed E-state index contributed by atoms with van der Waals surface area (Å²) >= 11 is 3.51. The Morgan fingerprint density at radius 2 is 2.25 bits per heavy atom. The van der Waals surface area contributed by atoms with E-state index in [1.165, 1.54) is 6.42 Å². The molecule has 5 nitrogen and oxygen atoms in total. The minimum Gasteiger partial charge on any atom is -0.488 e. The Morgan fingerprint density at radius 3 is 2.92 bits per heavy atom. The second-order valence-corrected chi connectivity index (χ2v) is 7.29. The predicted octanol–water partition coefficient (Wildman–Crippen LogP) is 3.09. The summed E-state index contributed by atoms with van der Waals surface area (Å²) in [4.78, 5) is 4.68. The number of ether oxygens (including phenoxy) is 2. The van der Waals surface area contributed by atoms with Crippen molar-refractivity contribution in [3.63, 3.8) is 0 Å². The van der Waals surface area contributed by atoms with Crippen molar-refractivity contribution in [2.75, 3.05) is 13.1 Å². The number of hydrogen-bond acceptors (Lipinski definition) is 3. The van der Waals surface area contributed by atoms with E-state index < -0.39 is 0 Å². The minimum absolute atomic E-state index is 0.00423. The van der Waals surface area contributed by atoms with Gasteiger partial charge in [-0.15, -0.1) is 0 Å². The first-order chi connectivity index (χ1) is 11.7. The van der Waals surface area contributed by atoms with Crippen LogP contribution in [0.2, 0.25) is 0 Å². The molecule has 2 aliphatic heterocycles. The maximum atomic E-state index is 5.96. The summed E-state index contributed by atoms with van der Waals surface area (Å²) in [5, 5.41) is 6.85. The highest BCUT2D eigenvalue weighted by Crippen LogP contribution is 2.34. The average Bonchev–Trinajstić information content (AvgIpc) is 3.18. The number of halogens is 1. The van der Waals surface area contributed by atoms with Gasteiger partial charge in [0.1, 0.15) is 11.9 Å². The highest BCUT2D eigenvalue weighted by Gasteiger charge is 2.41. The molecule has 0 saturated carbocycles. The molecule has 0 spiro atoms. The SMILES string of the molecule is CCNC(=NCC(C)Oc1ccccc1Br)NC1CC2CCC1O2. The van der Waals surface area contributed by atoms with Gasteiger partial charge in [0.25, 0.3) is 0 Å². The number of benzene rings is 1. The summed E-state index contributed by atoms with van der Waals surface area (Å²) in [6.07, 6.45) is 4.21. The van der Waals surface area contributed by atoms with E-state index in [0.29, 0.717) is 24.8 Å². The molecule has 0 aliphatic carbocycles. The molecular formula is C18H26BrN3O2. The van der Waals surface area contributed by atoms with Gasteiger partial charge in [0, 0.05) is 6.54 Å². The Bertz CT molecular complexity index is 581. The number of nitrogens with one attached hydrogen (secondary N) is 2. The molecule has 2 heterocycles. The highest BCUT2D eigenvalue weighted by molar-refractivity contribution is 9.10. The van der Waals surface area contributed by atoms with Crippen molar-refractivity contribution >= 4 is 21.9 Å². The van der Waals surface area contributed by atoms with Crippen molar-refractivity contribution < 1.29 is 9.47 Å². The molecule has 0 aromatic heterocycles. The summed E-state index contributed by atoms with van der Waals surface area (Å²) in [6.45, 7) is 5.55.